The monoisotopic (exact) mass is 255 g/mol. The van der Waals surface area contributed by atoms with E-state index in [4.69, 9.17) is 9.47 Å². The molecule has 4 nitrogen and oxygen atoms in total. The van der Waals surface area contributed by atoms with Crippen molar-refractivity contribution in [3.05, 3.63) is 22.8 Å². The van der Waals surface area contributed by atoms with Crippen LogP contribution in [-0.2, 0) is 6.54 Å². The van der Waals surface area contributed by atoms with Gasteiger partial charge in [-0.05, 0) is 31.0 Å². The molecule has 0 aromatic heterocycles. The van der Waals surface area contributed by atoms with Crippen LogP contribution in [0.1, 0.15) is 16.7 Å². The van der Waals surface area contributed by atoms with Crippen LogP contribution in [0.2, 0.25) is 0 Å². The van der Waals surface area contributed by atoms with Gasteiger partial charge in [-0.2, -0.15) is 0 Å². The molecular formula is C12H17NO3S. The third-order valence-corrected chi connectivity index (χ3v) is 2.88. The summed E-state index contributed by atoms with van der Waals surface area (Å²) in [7, 11) is 3.23. The summed E-state index contributed by atoms with van der Waals surface area (Å²) in [6, 6.07) is 1.87. The van der Waals surface area contributed by atoms with Gasteiger partial charge in [0.1, 0.15) is 11.5 Å². The molecular weight excluding hydrogens is 238 g/mol. The minimum Gasteiger partial charge on any atom is -0.496 e. The van der Waals surface area contributed by atoms with Crippen LogP contribution in [0.5, 0.6) is 11.5 Å². The Morgan fingerprint density at radius 1 is 1.29 bits per heavy atom. The summed E-state index contributed by atoms with van der Waals surface area (Å²) in [4.78, 5) is 10.8. The number of ether oxygens (including phenoxy) is 2. The number of amides is 1. The number of hydrogen-bond donors (Lipinski definition) is 2. The van der Waals surface area contributed by atoms with Crippen molar-refractivity contribution < 1.29 is 14.3 Å². The molecule has 1 aromatic rings. The Morgan fingerprint density at radius 2 is 1.94 bits per heavy atom. The van der Waals surface area contributed by atoms with E-state index in [1.165, 1.54) is 0 Å². The molecule has 1 amide bonds. The summed E-state index contributed by atoms with van der Waals surface area (Å²) >= 11 is 3.66. The fourth-order valence-electron chi connectivity index (χ4n) is 1.73. The quantitative estimate of drug-likeness (QED) is 0.812. The second-order valence-electron chi connectivity index (χ2n) is 3.68. The normalized spacial score (nSPS) is 9.94. The lowest BCUT2D eigenvalue weighted by atomic mass is 10.0. The Labute approximate surface area is 107 Å². The molecule has 0 spiro atoms. The van der Waals surface area contributed by atoms with Crippen LogP contribution >= 0.6 is 12.6 Å². The second-order valence-corrected chi connectivity index (χ2v) is 4.09. The van der Waals surface area contributed by atoms with Crippen molar-refractivity contribution in [1.29, 1.82) is 0 Å². The van der Waals surface area contributed by atoms with Crippen LogP contribution in [0.25, 0.3) is 0 Å². The van der Waals surface area contributed by atoms with Crippen LogP contribution in [0.4, 0.5) is 4.79 Å². The van der Waals surface area contributed by atoms with Crippen molar-refractivity contribution in [3.8, 4) is 11.5 Å². The van der Waals surface area contributed by atoms with E-state index in [0.717, 1.165) is 28.2 Å². The zero-order chi connectivity index (χ0) is 13.0. The summed E-state index contributed by atoms with van der Waals surface area (Å²) in [5.74, 6) is 1.55. The molecule has 0 bridgehead atoms. The van der Waals surface area contributed by atoms with E-state index in [-0.39, 0.29) is 5.24 Å². The minimum absolute atomic E-state index is 0.364. The zero-order valence-electron chi connectivity index (χ0n) is 10.5. The maximum absolute atomic E-state index is 10.8. The van der Waals surface area contributed by atoms with Crippen LogP contribution in [0, 0.1) is 13.8 Å². The highest BCUT2D eigenvalue weighted by Gasteiger charge is 2.13. The van der Waals surface area contributed by atoms with Gasteiger partial charge in [-0.1, -0.05) is 12.6 Å². The van der Waals surface area contributed by atoms with Crippen molar-refractivity contribution in [2.45, 2.75) is 20.4 Å². The smallest absolute Gasteiger partial charge is 0.276 e. The summed E-state index contributed by atoms with van der Waals surface area (Å²) in [5.41, 5.74) is 2.91. The molecule has 0 radical (unpaired) electrons. The summed E-state index contributed by atoms with van der Waals surface area (Å²) in [6.07, 6.45) is 0. The molecule has 0 fully saturated rings. The SMILES string of the molecule is COc1cc(CNC(=O)S)c(OC)c(C)c1C. The zero-order valence-corrected chi connectivity index (χ0v) is 11.4. The largest absolute Gasteiger partial charge is 0.496 e. The van der Waals surface area contributed by atoms with Gasteiger partial charge in [0, 0.05) is 12.1 Å². The van der Waals surface area contributed by atoms with E-state index in [9.17, 15) is 4.79 Å². The predicted octanol–water partition coefficient (Wildman–Crippen LogP) is 2.46. The summed E-state index contributed by atoms with van der Waals surface area (Å²) < 4.78 is 10.6. The number of methoxy groups -OCH3 is 2. The summed E-state index contributed by atoms with van der Waals surface area (Å²) in [5, 5.41) is 2.25. The van der Waals surface area contributed by atoms with Crippen molar-refractivity contribution in [1.82, 2.24) is 5.32 Å². The van der Waals surface area contributed by atoms with Gasteiger partial charge in [0.25, 0.3) is 5.24 Å². The minimum atomic E-state index is -0.371. The first-order valence-electron chi connectivity index (χ1n) is 5.19. The molecule has 17 heavy (non-hydrogen) atoms. The maximum Gasteiger partial charge on any atom is 0.276 e. The molecule has 0 saturated heterocycles. The number of carbonyl (C=O) groups is 1. The number of benzene rings is 1. The molecule has 94 valence electrons. The Bertz CT molecular complexity index is 432. The Balaban J connectivity index is 3.17. The van der Waals surface area contributed by atoms with E-state index in [1.807, 2.05) is 19.9 Å². The van der Waals surface area contributed by atoms with Crippen LogP contribution < -0.4 is 14.8 Å². The van der Waals surface area contributed by atoms with Crippen molar-refractivity contribution in [2.24, 2.45) is 0 Å². The first kappa shape index (κ1) is 13.7. The van der Waals surface area contributed by atoms with Crippen molar-refractivity contribution >= 4 is 17.9 Å². The highest BCUT2D eigenvalue weighted by molar-refractivity contribution is 7.96. The fourth-order valence-corrected chi connectivity index (χ4v) is 1.81. The van der Waals surface area contributed by atoms with Gasteiger partial charge >= 0.3 is 0 Å². The van der Waals surface area contributed by atoms with Gasteiger partial charge in [-0.25, -0.2) is 0 Å². The average molecular weight is 255 g/mol. The Morgan fingerprint density at radius 3 is 2.41 bits per heavy atom. The summed E-state index contributed by atoms with van der Waals surface area (Å²) in [6.45, 7) is 4.29. The fraction of sp³-hybridized carbons (Fsp3) is 0.417. The number of hydrogen-bond acceptors (Lipinski definition) is 3. The van der Waals surface area contributed by atoms with Crippen molar-refractivity contribution in [3.63, 3.8) is 0 Å². The average Bonchev–Trinajstić information content (AvgIpc) is 2.30. The highest BCUT2D eigenvalue weighted by Crippen LogP contribution is 2.33. The lowest BCUT2D eigenvalue weighted by molar-refractivity contribution is 0.260. The van der Waals surface area contributed by atoms with E-state index in [1.54, 1.807) is 14.2 Å². The van der Waals surface area contributed by atoms with Gasteiger partial charge in [0.15, 0.2) is 0 Å². The molecule has 1 rings (SSSR count). The molecule has 0 atom stereocenters. The van der Waals surface area contributed by atoms with Gasteiger partial charge in [-0.3, -0.25) is 4.79 Å². The first-order chi connectivity index (χ1) is 8.01. The molecule has 0 unspecified atom stereocenters. The molecule has 0 saturated carbocycles. The molecule has 0 aliphatic rings. The van der Waals surface area contributed by atoms with Gasteiger partial charge < -0.3 is 14.8 Å². The lowest BCUT2D eigenvalue weighted by Crippen LogP contribution is -2.16. The Hall–Kier alpha value is -1.36. The van der Waals surface area contributed by atoms with Crippen LogP contribution in [-0.4, -0.2) is 19.5 Å². The molecule has 0 heterocycles. The second kappa shape index (κ2) is 5.82. The molecule has 1 N–H and O–H groups in total. The van der Waals surface area contributed by atoms with Crippen LogP contribution in [0.15, 0.2) is 6.07 Å². The number of carbonyl (C=O) groups excluding carboxylic acids is 1. The third kappa shape index (κ3) is 3.06. The van der Waals surface area contributed by atoms with E-state index in [0.29, 0.717) is 6.54 Å². The van der Waals surface area contributed by atoms with Crippen LogP contribution in [0.3, 0.4) is 0 Å². The molecule has 1 aromatic carbocycles. The van der Waals surface area contributed by atoms with E-state index >= 15 is 0 Å². The molecule has 5 heteroatoms. The standard InChI is InChI=1S/C12H17NO3S/c1-7-8(2)11(16-4)9(5-10(7)15-3)6-13-12(14)17/h5H,6H2,1-4H3,(H2,13,14,17). The van der Waals surface area contributed by atoms with Gasteiger partial charge in [-0.15, -0.1) is 0 Å². The Kier molecular flexibility index (Phi) is 4.69. The number of thiol groups is 1. The lowest BCUT2D eigenvalue weighted by Gasteiger charge is -2.16. The van der Waals surface area contributed by atoms with Gasteiger partial charge in [0.2, 0.25) is 0 Å². The van der Waals surface area contributed by atoms with Gasteiger partial charge in [0.05, 0.1) is 14.2 Å². The highest BCUT2D eigenvalue weighted by atomic mass is 32.1. The first-order valence-corrected chi connectivity index (χ1v) is 5.63. The maximum atomic E-state index is 10.8. The number of rotatable bonds is 4. The predicted molar refractivity (Wildman–Crippen MR) is 70.2 cm³/mol. The topological polar surface area (TPSA) is 47.6 Å². The van der Waals surface area contributed by atoms with E-state index < -0.39 is 0 Å². The van der Waals surface area contributed by atoms with E-state index in [2.05, 4.69) is 17.9 Å². The number of nitrogens with one attached hydrogen (secondary N) is 1. The molecule has 0 aliphatic heterocycles. The third-order valence-electron chi connectivity index (χ3n) is 2.72. The van der Waals surface area contributed by atoms with Crippen molar-refractivity contribution in [2.75, 3.05) is 14.2 Å². The molecule has 0 aliphatic carbocycles.